The lowest BCUT2D eigenvalue weighted by Crippen LogP contribution is -2.22. The second-order valence-electron chi connectivity index (χ2n) is 6.03. The number of aromatic nitrogens is 3. The van der Waals surface area contributed by atoms with Crippen molar-refractivity contribution in [3.63, 3.8) is 0 Å². The summed E-state index contributed by atoms with van der Waals surface area (Å²) in [5.41, 5.74) is 0.338. The number of aryl methyl sites for hydroxylation is 1. The monoisotopic (exact) mass is 416 g/mol. The minimum Gasteiger partial charge on any atom is -0.367 e. The predicted octanol–water partition coefficient (Wildman–Crippen LogP) is 2.13. The van der Waals surface area contributed by atoms with Crippen molar-refractivity contribution in [2.45, 2.75) is 23.9 Å². The number of pyridine rings is 1. The molecule has 0 radical (unpaired) electrons. The van der Waals surface area contributed by atoms with Crippen LogP contribution in [0.25, 0.3) is 6.08 Å². The van der Waals surface area contributed by atoms with Crippen LogP contribution in [0.4, 0.5) is 24.9 Å². The zero-order valence-corrected chi connectivity index (χ0v) is 15.7. The highest BCUT2D eigenvalue weighted by atomic mass is 32.2. The van der Waals surface area contributed by atoms with Crippen LogP contribution in [-0.2, 0) is 16.4 Å². The number of rotatable bonds is 7. The molecule has 0 aliphatic heterocycles. The number of alkyl halides is 3. The number of H-pyrrole nitrogens is 1. The number of anilines is 2. The maximum absolute atomic E-state index is 12.8. The molecule has 0 aromatic carbocycles. The van der Waals surface area contributed by atoms with Crippen LogP contribution < -0.4 is 15.4 Å². The maximum Gasteiger partial charge on any atom is 0.412 e. The summed E-state index contributed by atoms with van der Waals surface area (Å²) in [5, 5.41) is 5.88. The smallest absolute Gasteiger partial charge is 0.367 e. The van der Waals surface area contributed by atoms with Crippen LogP contribution >= 0.6 is 0 Å². The fourth-order valence-electron chi connectivity index (χ4n) is 2.75. The van der Waals surface area contributed by atoms with Gasteiger partial charge in [0, 0.05) is 30.6 Å². The fourth-order valence-corrected chi connectivity index (χ4v) is 3.61. The molecular formula is C16H19F3N6O2S. The third kappa shape index (κ3) is 4.44. The first-order chi connectivity index (χ1) is 13.2. The van der Waals surface area contributed by atoms with Crippen LogP contribution in [0.1, 0.15) is 17.8 Å². The molecule has 0 fully saturated rings. The van der Waals surface area contributed by atoms with E-state index in [9.17, 15) is 21.6 Å². The second kappa shape index (κ2) is 7.80. The largest absolute Gasteiger partial charge is 0.412 e. The van der Waals surface area contributed by atoms with Crippen LogP contribution in [0.3, 0.4) is 0 Å². The van der Waals surface area contributed by atoms with Crippen LogP contribution in [-0.4, -0.2) is 49.7 Å². The zero-order chi connectivity index (χ0) is 20.4. The van der Waals surface area contributed by atoms with Crippen LogP contribution in [0.2, 0.25) is 0 Å². The van der Waals surface area contributed by atoms with Crippen LogP contribution in [0, 0.1) is 0 Å². The Labute approximate surface area is 159 Å². The molecule has 0 unspecified atom stereocenters. The predicted molar refractivity (Wildman–Crippen MR) is 98.4 cm³/mol. The number of nitrogens with zero attached hydrogens (tertiary/aromatic N) is 2. The standard InChI is InChI=1S/C16H19F3N6O2S/c1-20-28(26,27)13-3-2-6-21-14(13)22-7-8-23-15-24-11-5-4-10(16(17,18)19)9-12(11)25-15/h2-3,6,9,20H,4-5,7-8H2,1H3,(H,21,22)(H2,23,24,25). The van der Waals surface area contributed by atoms with Crippen molar-refractivity contribution < 1.29 is 21.6 Å². The Morgan fingerprint density at radius 1 is 1.21 bits per heavy atom. The van der Waals surface area contributed by atoms with E-state index in [2.05, 4.69) is 30.3 Å². The van der Waals surface area contributed by atoms with Gasteiger partial charge in [0.25, 0.3) is 0 Å². The summed E-state index contributed by atoms with van der Waals surface area (Å²) in [6, 6.07) is 2.95. The van der Waals surface area contributed by atoms with Gasteiger partial charge in [0.05, 0.1) is 5.69 Å². The number of sulfonamides is 1. The van der Waals surface area contributed by atoms with E-state index in [1.54, 1.807) is 0 Å². The van der Waals surface area contributed by atoms with Crippen molar-refractivity contribution in [3.05, 3.63) is 35.3 Å². The van der Waals surface area contributed by atoms with Gasteiger partial charge in [0.2, 0.25) is 16.0 Å². The summed E-state index contributed by atoms with van der Waals surface area (Å²) >= 11 is 0. The number of imidazole rings is 1. The Kier molecular flexibility index (Phi) is 5.61. The van der Waals surface area contributed by atoms with E-state index in [1.165, 1.54) is 25.4 Å². The van der Waals surface area contributed by atoms with Gasteiger partial charge in [0.1, 0.15) is 10.7 Å². The Hall–Kier alpha value is -2.60. The average molecular weight is 416 g/mol. The molecule has 0 atom stereocenters. The summed E-state index contributed by atoms with van der Waals surface area (Å²) in [6.45, 7) is 0.663. The van der Waals surface area contributed by atoms with Crippen molar-refractivity contribution in [3.8, 4) is 0 Å². The molecule has 1 aliphatic carbocycles. The molecule has 28 heavy (non-hydrogen) atoms. The molecule has 0 spiro atoms. The quantitative estimate of drug-likeness (QED) is 0.515. The number of allylic oxidation sites excluding steroid dienone is 1. The van der Waals surface area contributed by atoms with Crippen LogP contribution in [0.15, 0.2) is 28.8 Å². The topological polar surface area (TPSA) is 112 Å². The van der Waals surface area contributed by atoms with Gasteiger partial charge in [-0.3, -0.25) is 0 Å². The molecule has 0 saturated heterocycles. The minimum atomic E-state index is -4.35. The average Bonchev–Trinajstić information content (AvgIpc) is 3.07. The van der Waals surface area contributed by atoms with Gasteiger partial charge in [-0.25, -0.2) is 23.1 Å². The minimum absolute atomic E-state index is 0.0239. The number of aromatic amines is 1. The van der Waals surface area contributed by atoms with Crippen molar-refractivity contribution >= 4 is 27.9 Å². The molecule has 2 heterocycles. The zero-order valence-electron chi connectivity index (χ0n) is 14.9. The summed E-state index contributed by atoms with van der Waals surface area (Å²) in [6.07, 6.45) is -1.66. The Morgan fingerprint density at radius 3 is 2.68 bits per heavy atom. The first-order valence-corrected chi connectivity index (χ1v) is 9.92. The molecule has 8 nitrogen and oxygen atoms in total. The molecule has 3 rings (SSSR count). The lowest BCUT2D eigenvalue weighted by Gasteiger charge is -2.14. The van der Waals surface area contributed by atoms with E-state index in [1.807, 2.05) is 0 Å². The molecule has 0 saturated carbocycles. The fraction of sp³-hybridized carbons (Fsp3) is 0.375. The molecule has 12 heteroatoms. The van der Waals surface area contributed by atoms with Crippen molar-refractivity contribution in [2.24, 2.45) is 0 Å². The molecule has 4 N–H and O–H groups in total. The summed E-state index contributed by atoms with van der Waals surface area (Å²) in [4.78, 5) is 11.2. The van der Waals surface area contributed by atoms with Gasteiger partial charge in [-0.15, -0.1) is 0 Å². The normalized spacial score (nSPS) is 14.4. The van der Waals surface area contributed by atoms with Crippen LogP contribution in [0.5, 0.6) is 0 Å². The maximum atomic E-state index is 12.8. The van der Waals surface area contributed by atoms with E-state index in [0.717, 1.165) is 6.08 Å². The van der Waals surface area contributed by atoms with Gasteiger partial charge in [-0.2, -0.15) is 13.2 Å². The first kappa shape index (κ1) is 20.1. The van der Waals surface area contributed by atoms with Crippen molar-refractivity contribution in [1.82, 2.24) is 19.7 Å². The Balaban J connectivity index is 1.60. The number of nitrogens with one attached hydrogen (secondary N) is 4. The second-order valence-corrected chi connectivity index (χ2v) is 7.88. The Morgan fingerprint density at radius 2 is 1.96 bits per heavy atom. The number of hydrogen-bond acceptors (Lipinski definition) is 6. The summed E-state index contributed by atoms with van der Waals surface area (Å²) < 4.78 is 64.6. The van der Waals surface area contributed by atoms with E-state index in [4.69, 9.17) is 0 Å². The third-order valence-electron chi connectivity index (χ3n) is 4.17. The van der Waals surface area contributed by atoms with Gasteiger partial charge in [-0.1, -0.05) is 0 Å². The lowest BCUT2D eigenvalue weighted by molar-refractivity contribution is -0.0931. The Bertz CT molecular complexity index is 985. The highest BCUT2D eigenvalue weighted by Crippen LogP contribution is 2.34. The number of fused-ring (bicyclic) bond motifs is 1. The molecule has 0 amide bonds. The third-order valence-corrected chi connectivity index (χ3v) is 5.61. The lowest BCUT2D eigenvalue weighted by atomic mass is 10.00. The summed E-state index contributed by atoms with van der Waals surface area (Å²) in [7, 11) is -2.34. The molecule has 2 aromatic heterocycles. The molecular weight excluding hydrogens is 397 g/mol. The number of halogens is 3. The highest BCUT2D eigenvalue weighted by molar-refractivity contribution is 7.89. The van der Waals surface area contributed by atoms with Gasteiger partial charge in [-0.05, 0) is 38.1 Å². The van der Waals surface area contributed by atoms with Gasteiger partial charge in [0.15, 0.2) is 0 Å². The highest BCUT2D eigenvalue weighted by Gasteiger charge is 2.35. The van der Waals surface area contributed by atoms with E-state index in [0.29, 0.717) is 24.7 Å². The van der Waals surface area contributed by atoms with Gasteiger partial charge >= 0.3 is 6.18 Å². The molecule has 1 aliphatic rings. The SMILES string of the molecule is CNS(=O)(=O)c1cccnc1NCCNc1nc2c([nH]1)CCC(C(F)(F)F)=C2. The molecule has 2 aromatic rings. The van der Waals surface area contributed by atoms with Crippen molar-refractivity contribution in [2.75, 3.05) is 30.8 Å². The molecule has 0 bridgehead atoms. The first-order valence-electron chi connectivity index (χ1n) is 8.43. The number of hydrogen-bond donors (Lipinski definition) is 4. The van der Waals surface area contributed by atoms with E-state index >= 15 is 0 Å². The van der Waals surface area contributed by atoms with Gasteiger partial charge < -0.3 is 15.6 Å². The summed E-state index contributed by atoms with van der Waals surface area (Å²) in [5.74, 6) is 0.561. The van der Waals surface area contributed by atoms with E-state index < -0.39 is 21.8 Å². The van der Waals surface area contributed by atoms with Crippen molar-refractivity contribution in [1.29, 1.82) is 0 Å². The molecule has 152 valence electrons. The van der Waals surface area contributed by atoms with E-state index in [-0.39, 0.29) is 29.2 Å².